The lowest BCUT2D eigenvalue weighted by atomic mass is 9.68. The smallest absolute Gasteiger partial charge is 0.0984 e. The van der Waals surface area contributed by atoms with Crippen LogP contribution in [0, 0.1) is 29.1 Å². The van der Waals surface area contributed by atoms with Crippen molar-refractivity contribution >= 4 is 0 Å². The van der Waals surface area contributed by atoms with E-state index in [1.54, 1.807) is 0 Å². The lowest BCUT2D eigenvalue weighted by Gasteiger charge is -2.43. The molecule has 0 amide bonds. The van der Waals surface area contributed by atoms with Crippen LogP contribution in [0.1, 0.15) is 32.6 Å². The summed E-state index contributed by atoms with van der Waals surface area (Å²) in [6.07, 6.45) is 5.32. The average molecular weight is 178 g/mol. The van der Waals surface area contributed by atoms with Gasteiger partial charge in [0.25, 0.3) is 0 Å². The van der Waals surface area contributed by atoms with E-state index in [0.29, 0.717) is 5.92 Å². The predicted octanol–water partition coefficient (Wildman–Crippen LogP) is 1.92. The van der Waals surface area contributed by atoms with E-state index in [2.05, 4.69) is 18.3 Å². The highest BCUT2D eigenvalue weighted by atomic mass is 14.9. The third-order valence-electron chi connectivity index (χ3n) is 3.83. The van der Waals surface area contributed by atoms with Gasteiger partial charge in [-0.15, -0.1) is 0 Å². The Morgan fingerprint density at radius 1 is 1.23 bits per heavy atom. The molecule has 4 unspecified atom stereocenters. The van der Waals surface area contributed by atoms with Crippen molar-refractivity contribution in [3.63, 3.8) is 0 Å². The molecular weight excluding hydrogens is 160 g/mol. The quantitative estimate of drug-likeness (QED) is 0.615. The lowest BCUT2D eigenvalue weighted by molar-refractivity contribution is 0.106. The van der Waals surface area contributed by atoms with Crippen molar-refractivity contribution in [2.45, 2.75) is 38.6 Å². The van der Waals surface area contributed by atoms with Crippen LogP contribution >= 0.6 is 0 Å². The summed E-state index contributed by atoms with van der Waals surface area (Å²) in [7, 11) is 0. The summed E-state index contributed by atoms with van der Waals surface area (Å²) in [6.45, 7) is 3.36. The van der Waals surface area contributed by atoms with Crippen molar-refractivity contribution in [2.24, 2.45) is 17.8 Å². The van der Waals surface area contributed by atoms with Crippen LogP contribution in [0.5, 0.6) is 0 Å². The molecule has 0 spiro atoms. The zero-order chi connectivity index (χ0) is 9.26. The van der Waals surface area contributed by atoms with Crippen LogP contribution in [0.15, 0.2) is 0 Å². The summed E-state index contributed by atoms with van der Waals surface area (Å²) in [6, 6.07) is 2.55. The van der Waals surface area contributed by atoms with E-state index in [-0.39, 0.29) is 6.04 Å². The molecule has 1 heterocycles. The number of hydrogen-bond acceptors (Lipinski definition) is 2. The first kappa shape index (κ1) is 9.02. The first-order valence-electron chi connectivity index (χ1n) is 5.46. The molecule has 2 rings (SSSR count). The van der Waals surface area contributed by atoms with E-state index in [1.165, 1.54) is 25.7 Å². The van der Waals surface area contributed by atoms with Gasteiger partial charge in [0.1, 0.15) is 0 Å². The number of nitrogens with zero attached hydrogens (tertiary/aromatic N) is 1. The number of fused-ring (bicyclic) bond motifs is 1. The second-order valence-electron chi connectivity index (χ2n) is 4.60. The van der Waals surface area contributed by atoms with Crippen molar-refractivity contribution < 1.29 is 0 Å². The second-order valence-corrected chi connectivity index (χ2v) is 4.60. The third-order valence-corrected chi connectivity index (χ3v) is 3.83. The number of rotatable bonds is 0. The molecule has 2 aliphatic rings. The Bertz CT molecular complexity index is 219. The molecule has 0 bridgehead atoms. The number of nitriles is 1. The van der Waals surface area contributed by atoms with Gasteiger partial charge in [0.15, 0.2) is 0 Å². The van der Waals surface area contributed by atoms with Gasteiger partial charge in [-0.3, -0.25) is 0 Å². The van der Waals surface area contributed by atoms with Gasteiger partial charge < -0.3 is 5.32 Å². The highest BCUT2D eigenvalue weighted by Crippen LogP contribution is 2.39. The van der Waals surface area contributed by atoms with Gasteiger partial charge >= 0.3 is 0 Å². The van der Waals surface area contributed by atoms with Gasteiger partial charge in [-0.25, -0.2) is 0 Å². The molecule has 1 saturated carbocycles. The maximum atomic E-state index is 9.00. The molecule has 1 N–H and O–H groups in total. The topological polar surface area (TPSA) is 35.8 Å². The van der Waals surface area contributed by atoms with Gasteiger partial charge in [0.2, 0.25) is 0 Å². The van der Waals surface area contributed by atoms with E-state index in [1.807, 2.05) is 0 Å². The molecule has 2 nitrogen and oxygen atoms in total. The summed E-state index contributed by atoms with van der Waals surface area (Å²) in [5, 5.41) is 12.4. The first-order chi connectivity index (χ1) is 6.33. The fraction of sp³-hybridized carbons (Fsp3) is 0.909. The summed E-state index contributed by atoms with van der Waals surface area (Å²) >= 11 is 0. The second kappa shape index (κ2) is 3.67. The molecule has 13 heavy (non-hydrogen) atoms. The number of hydrogen-bond donors (Lipinski definition) is 1. The van der Waals surface area contributed by atoms with Crippen molar-refractivity contribution in [1.82, 2.24) is 5.32 Å². The van der Waals surface area contributed by atoms with Crippen LogP contribution in [0.2, 0.25) is 0 Å². The standard InChI is InChI=1S/C11H18N2/c1-8-7-13-11(6-12)10-5-3-2-4-9(8)10/h8-11,13H,2-5,7H2,1H3. The van der Waals surface area contributed by atoms with E-state index in [0.717, 1.165) is 18.4 Å². The minimum atomic E-state index is 0.140. The summed E-state index contributed by atoms with van der Waals surface area (Å²) in [4.78, 5) is 0. The fourth-order valence-corrected chi connectivity index (χ4v) is 3.07. The Labute approximate surface area is 80.3 Å². The van der Waals surface area contributed by atoms with Crippen molar-refractivity contribution in [2.75, 3.05) is 6.54 Å². The van der Waals surface area contributed by atoms with Crippen LogP contribution in [-0.4, -0.2) is 12.6 Å². The normalized spacial score (nSPS) is 44.9. The van der Waals surface area contributed by atoms with Crippen LogP contribution in [0.25, 0.3) is 0 Å². The van der Waals surface area contributed by atoms with Gasteiger partial charge in [0, 0.05) is 0 Å². The monoisotopic (exact) mass is 178 g/mol. The summed E-state index contributed by atoms with van der Waals surface area (Å²) in [5.74, 6) is 2.23. The van der Waals surface area contributed by atoms with Gasteiger partial charge in [0.05, 0.1) is 12.1 Å². The van der Waals surface area contributed by atoms with Crippen LogP contribution in [0.3, 0.4) is 0 Å². The highest BCUT2D eigenvalue weighted by molar-refractivity contribution is 5.02. The molecule has 4 atom stereocenters. The Kier molecular flexibility index (Phi) is 2.55. The van der Waals surface area contributed by atoms with E-state index < -0.39 is 0 Å². The Morgan fingerprint density at radius 3 is 2.62 bits per heavy atom. The molecular formula is C11H18N2. The predicted molar refractivity (Wildman–Crippen MR) is 52.0 cm³/mol. The highest BCUT2D eigenvalue weighted by Gasteiger charge is 2.38. The molecule has 1 aliphatic carbocycles. The Hall–Kier alpha value is -0.550. The SMILES string of the molecule is CC1CNC(C#N)C2CCCCC12. The van der Waals surface area contributed by atoms with Gasteiger partial charge in [-0.05, 0) is 37.1 Å². The first-order valence-corrected chi connectivity index (χ1v) is 5.46. The summed E-state index contributed by atoms with van der Waals surface area (Å²) < 4.78 is 0. The summed E-state index contributed by atoms with van der Waals surface area (Å²) in [5.41, 5.74) is 0. The molecule has 1 aliphatic heterocycles. The van der Waals surface area contributed by atoms with E-state index in [9.17, 15) is 0 Å². The third kappa shape index (κ3) is 1.58. The zero-order valence-electron chi connectivity index (χ0n) is 8.29. The molecule has 0 aromatic heterocycles. The number of piperidine rings is 1. The van der Waals surface area contributed by atoms with Crippen molar-refractivity contribution in [3.05, 3.63) is 0 Å². The van der Waals surface area contributed by atoms with Gasteiger partial charge in [-0.1, -0.05) is 19.8 Å². The minimum Gasteiger partial charge on any atom is -0.301 e. The molecule has 0 aromatic carbocycles. The lowest BCUT2D eigenvalue weighted by Crippen LogP contribution is -2.50. The largest absolute Gasteiger partial charge is 0.301 e. The van der Waals surface area contributed by atoms with Crippen LogP contribution < -0.4 is 5.32 Å². The zero-order valence-corrected chi connectivity index (χ0v) is 8.29. The molecule has 2 heteroatoms. The molecule has 0 radical (unpaired) electrons. The van der Waals surface area contributed by atoms with Crippen molar-refractivity contribution in [3.8, 4) is 6.07 Å². The average Bonchev–Trinajstić information content (AvgIpc) is 2.19. The van der Waals surface area contributed by atoms with Crippen molar-refractivity contribution in [1.29, 1.82) is 5.26 Å². The van der Waals surface area contributed by atoms with Crippen LogP contribution in [-0.2, 0) is 0 Å². The maximum absolute atomic E-state index is 9.00. The van der Waals surface area contributed by atoms with Gasteiger partial charge in [-0.2, -0.15) is 5.26 Å². The Balaban J connectivity index is 2.10. The van der Waals surface area contributed by atoms with E-state index in [4.69, 9.17) is 5.26 Å². The minimum absolute atomic E-state index is 0.140. The maximum Gasteiger partial charge on any atom is 0.0984 e. The fourth-order valence-electron chi connectivity index (χ4n) is 3.07. The molecule has 2 fully saturated rings. The van der Waals surface area contributed by atoms with E-state index >= 15 is 0 Å². The Morgan fingerprint density at radius 2 is 1.92 bits per heavy atom. The molecule has 72 valence electrons. The number of nitrogens with one attached hydrogen (secondary N) is 1. The van der Waals surface area contributed by atoms with Crippen LogP contribution in [0.4, 0.5) is 0 Å². The molecule has 0 aromatic rings. The molecule has 1 saturated heterocycles.